The summed E-state index contributed by atoms with van der Waals surface area (Å²) >= 11 is 0. The summed E-state index contributed by atoms with van der Waals surface area (Å²) in [5.74, 6) is -1.08. The number of rotatable bonds is 8. The van der Waals surface area contributed by atoms with E-state index < -0.39 is 10.9 Å². The molecule has 1 amide bonds. The third kappa shape index (κ3) is 4.78. The van der Waals surface area contributed by atoms with E-state index in [0.717, 1.165) is 12.8 Å². The Morgan fingerprint density at radius 3 is 2.50 bits per heavy atom. The van der Waals surface area contributed by atoms with Gasteiger partial charge in [0.2, 0.25) is 0 Å². The number of nitro groups is 1. The van der Waals surface area contributed by atoms with Crippen LogP contribution in [0.3, 0.4) is 0 Å². The molecule has 1 heterocycles. The number of piperidine rings is 1. The van der Waals surface area contributed by atoms with Crippen LogP contribution in [0.15, 0.2) is 18.2 Å². The van der Waals surface area contributed by atoms with Gasteiger partial charge in [-0.05, 0) is 44.4 Å². The Balaban J connectivity index is 1.65. The number of carbonyl (C=O) groups is 2. The molecule has 3 rings (SSSR count). The quantitative estimate of drug-likeness (QED) is 0.516. The number of anilines is 1. The molecule has 1 aliphatic carbocycles. The Morgan fingerprint density at radius 2 is 1.96 bits per heavy atom. The zero-order valence-electron chi connectivity index (χ0n) is 16.0. The highest BCUT2D eigenvalue weighted by Gasteiger charge is 2.29. The number of benzene rings is 1. The highest BCUT2D eigenvalue weighted by atomic mass is 16.6. The third-order valence-electron chi connectivity index (χ3n) is 5.39. The molecule has 9 nitrogen and oxygen atoms in total. The number of carbonyl (C=O) groups excluding carboxylic acids is 1. The summed E-state index contributed by atoms with van der Waals surface area (Å²) in [6, 6.07) is 5.01. The highest BCUT2D eigenvalue weighted by Crippen LogP contribution is 2.32. The largest absolute Gasteiger partial charge is 0.480 e. The first-order valence-electron chi connectivity index (χ1n) is 9.69. The van der Waals surface area contributed by atoms with E-state index >= 15 is 0 Å². The monoisotopic (exact) mass is 390 g/mol. The van der Waals surface area contributed by atoms with Crippen LogP contribution in [0.2, 0.25) is 0 Å². The van der Waals surface area contributed by atoms with Crippen molar-refractivity contribution in [1.82, 2.24) is 9.80 Å². The molecular formula is C19H26N4O5. The van der Waals surface area contributed by atoms with Crippen LogP contribution < -0.4 is 5.32 Å². The summed E-state index contributed by atoms with van der Waals surface area (Å²) in [7, 11) is 0. The van der Waals surface area contributed by atoms with Crippen LogP contribution in [0.5, 0.6) is 0 Å². The van der Waals surface area contributed by atoms with E-state index in [1.807, 2.05) is 11.8 Å². The standard InChI is InChI=1S/C19H26N4O5/c1-2-21(12-18(24)25)15-7-9-22(10-8-15)19(26)13-3-6-16(20-14-4-5-14)17(11-13)23(27)28/h3,6,11,14-15,20H,2,4-5,7-10,12H2,1H3,(H,24,25). The summed E-state index contributed by atoms with van der Waals surface area (Å²) < 4.78 is 0. The second-order valence-electron chi connectivity index (χ2n) is 7.39. The summed E-state index contributed by atoms with van der Waals surface area (Å²) in [6.45, 7) is 3.59. The Labute approximate surface area is 163 Å². The smallest absolute Gasteiger partial charge is 0.317 e. The minimum atomic E-state index is -0.854. The maximum absolute atomic E-state index is 12.8. The topological polar surface area (TPSA) is 116 Å². The number of hydrogen-bond acceptors (Lipinski definition) is 6. The van der Waals surface area contributed by atoms with Gasteiger partial charge in [0, 0.05) is 36.8 Å². The lowest BCUT2D eigenvalue weighted by molar-refractivity contribution is -0.384. The van der Waals surface area contributed by atoms with Gasteiger partial charge in [0.15, 0.2) is 0 Å². The second kappa shape index (κ2) is 8.55. The third-order valence-corrected chi connectivity index (χ3v) is 5.39. The molecule has 0 atom stereocenters. The van der Waals surface area contributed by atoms with Crippen molar-refractivity contribution in [3.63, 3.8) is 0 Å². The number of hydrogen-bond donors (Lipinski definition) is 2. The van der Waals surface area contributed by atoms with Gasteiger partial charge in [0.25, 0.3) is 11.6 Å². The molecule has 28 heavy (non-hydrogen) atoms. The van der Waals surface area contributed by atoms with E-state index in [1.165, 1.54) is 6.07 Å². The molecule has 0 aromatic heterocycles. The molecule has 0 spiro atoms. The Hall–Kier alpha value is -2.68. The van der Waals surface area contributed by atoms with Crippen molar-refractivity contribution in [3.8, 4) is 0 Å². The Kier molecular flexibility index (Phi) is 6.13. The van der Waals surface area contributed by atoms with Crippen molar-refractivity contribution in [3.05, 3.63) is 33.9 Å². The van der Waals surface area contributed by atoms with Crippen molar-refractivity contribution in [2.45, 2.75) is 44.7 Å². The molecule has 1 aliphatic heterocycles. The van der Waals surface area contributed by atoms with Gasteiger partial charge in [-0.25, -0.2) is 0 Å². The van der Waals surface area contributed by atoms with E-state index in [2.05, 4.69) is 5.32 Å². The molecule has 2 N–H and O–H groups in total. The number of amides is 1. The molecule has 9 heteroatoms. The van der Waals surface area contributed by atoms with Crippen LogP contribution in [0, 0.1) is 10.1 Å². The molecule has 0 unspecified atom stereocenters. The second-order valence-corrected chi connectivity index (χ2v) is 7.39. The zero-order chi connectivity index (χ0) is 20.3. The molecule has 0 radical (unpaired) electrons. The number of aliphatic carboxylic acids is 1. The molecule has 1 saturated heterocycles. The van der Waals surface area contributed by atoms with E-state index in [4.69, 9.17) is 5.11 Å². The van der Waals surface area contributed by atoms with Gasteiger partial charge >= 0.3 is 5.97 Å². The van der Waals surface area contributed by atoms with E-state index in [-0.39, 0.29) is 30.2 Å². The van der Waals surface area contributed by atoms with Crippen molar-refractivity contribution in [2.24, 2.45) is 0 Å². The lowest BCUT2D eigenvalue weighted by Crippen LogP contribution is -2.48. The zero-order valence-corrected chi connectivity index (χ0v) is 16.0. The molecule has 2 aliphatic rings. The fraction of sp³-hybridized carbons (Fsp3) is 0.579. The number of likely N-dealkylation sites (N-methyl/N-ethyl adjacent to an activating group) is 1. The van der Waals surface area contributed by atoms with E-state index in [0.29, 0.717) is 43.7 Å². The molecule has 1 saturated carbocycles. The Bertz CT molecular complexity index is 757. The molecule has 1 aromatic rings. The van der Waals surface area contributed by atoms with Gasteiger partial charge in [-0.3, -0.25) is 24.6 Å². The number of likely N-dealkylation sites (tertiary alicyclic amines) is 1. The number of carboxylic acids is 1. The van der Waals surface area contributed by atoms with Crippen LogP contribution in [0.4, 0.5) is 11.4 Å². The van der Waals surface area contributed by atoms with Gasteiger partial charge in [0.05, 0.1) is 11.5 Å². The first-order chi connectivity index (χ1) is 13.4. The number of nitro benzene ring substituents is 1. The molecule has 2 fully saturated rings. The SMILES string of the molecule is CCN(CC(=O)O)C1CCN(C(=O)c2ccc(NC3CC3)c([N+](=O)[O-])c2)CC1. The molecule has 1 aromatic carbocycles. The average molecular weight is 390 g/mol. The first-order valence-corrected chi connectivity index (χ1v) is 9.69. The normalized spacial score (nSPS) is 17.6. The van der Waals surface area contributed by atoms with E-state index in [1.54, 1.807) is 17.0 Å². The number of nitrogens with one attached hydrogen (secondary N) is 1. The number of carboxylic acid groups (broad SMARTS) is 1. The predicted octanol–water partition coefficient (Wildman–Crippen LogP) is 2.18. The first kappa shape index (κ1) is 20.1. The van der Waals surface area contributed by atoms with Gasteiger partial charge in [-0.15, -0.1) is 0 Å². The van der Waals surface area contributed by atoms with Crippen LogP contribution in [-0.4, -0.2) is 70.0 Å². The lowest BCUT2D eigenvalue weighted by atomic mass is 10.0. The van der Waals surface area contributed by atoms with Gasteiger partial charge in [-0.2, -0.15) is 0 Å². The minimum Gasteiger partial charge on any atom is -0.480 e. The average Bonchev–Trinajstić information content (AvgIpc) is 3.49. The molecule has 152 valence electrons. The summed E-state index contributed by atoms with van der Waals surface area (Å²) in [4.78, 5) is 38.4. The van der Waals surface area contributed by atoms with Crippen LogP contribution in [-0.2, 0) is 4.79 Å². The van der Waals surface area contributed by atoms with Crippen LogP contribution >= 0.6 is 0 Å². The number of nitrogens with zero attached hydrogens (tertiary/aromatic N) is 3. The van der Waals surface area contributed by atoms with Gasteiger partial charge in [-0.1, -0.05) is 6.92 Å². The van der Waals surface area contributed by atoms with Crippen molar-refractivity contribution < 1.29 is 19.6 Å². The van der Waals surface area contributed by atoms with Crippen molar-refractivity contribution in [2.75, 3.05) is 31.5 Å². The summed E-state index contributed by atoms with van der Waals surface area (Å²) in [5, 5.41) is 23.6. The summed E-state index contributed by atoms with van der Waals surface area (Å²) in [5.41, 5.74) is 0.686. The fourth-order valence-corrected chi connectivity index (χ4v) is 3.67. The van der Waals surface area contributed by atoms with E-state index in [9.17, 15) is 19.7 Å². The highest BCUT2D eigenvalue weighted by molar-refractivity contribution is 5.95. The maximum atomic E-state index is 12.8. The fourth-order valence-electron chi connectivity index (χ4n) is 3.67. The van der Waals surface area contributed by atoms with Crippen LogP contribution in [0.1, 0.15) is 43.0 Å². The van der Waals surface area contributed by atoms with Gasteiger partial charge < -0.3 is 15.3 Å². The van der Waals surface area contributed by atoms with Crippen molar-refractivity contribution >= 4 is 23.3 Å². The molecule has 0 bridgehead atoms. The lowest BCUT2D eigenvalue weighted by Gasteiger charge is -2.37. The molecular weight excluding hydrogens is 364 g/mol. The minimum absolute atomic E-state index is 0.00321. The maximum Gasteiger partial charge on any atom is 0.317 e. The van der Waals surface area contributed by atoms with Gasteiger partial charge in [0.1, 0.15) is 5.69 Å². The van der Waals surface area contributed by atoms with Crippen molar-refractivity contribution in [1.29, 1.82) is 0 Å². The summed E-state index contributed by atoms with van der Waals surface area (Å²) in [6.07, 6.45) is 3.39. The predicted molar refractivity (Wildman–Crippen MR) is 104 cm³/mol. The van der Waals surface area contributed by atoms with Crippen LogP contribution in [0.25, 0.3) is 0 Å². The Morgan fingerprint density at radius 1 is 1.29 bits per heavy atom.